The van der Waals surface area contributed by atoms with Crippen molar-refractivity contribution in [3.05, 3.63) is 101 Å². The highest BCUT2D eigenvalue weighted by Gasteiger charge is 2.47. The number of ether oxygens (including phenoxy) is 1. The van der Waals surface area contributed by atoms with Gasteiger partial charge in [0.05, 0.1) is 18.2 Å². The number of aliphatic hydroxyl groups excluding tert-OH is 1. The van der Waals surface area contributed by atoms with Crippen LogP contribution in [-0.2, 0) is 9.59 Å². The molecule has 6 heteroatoms. The van der Waals surface area contributed by atoms with E-state index < -0.39 is 23.5 Å². The Morgan fingerprint density at radius 3 is 2.28 bits per heavy atom. The summed E-state index contributed by atoms with van der Waals surface area (Å²) in [5.74, 6) is -1.69. The Morgan fingerprint density at radius 1 is 1.00 bits per heavy atom. The van der Waals surface area contributed by atoms with E-state index >= 15 is 0 Å². The number of anilines is 1. The third-order valence-electron chi connectivity index (χ3n) is 5.44. The van der Waals surface area contributed by atoms with Gasteiger partial charge in [0.2, 0.25) is 0 Å². The largest absolute Gasteiger partial charge is 0.507 e. The number of benzene rings is 3. The number of amides is 1. The molecule has 5 nitrogen and oxygen atoms in total. The Balaban J connectivity index is 1.92. The molecule has 1 amide bonds. The molecule has 0 spiro atoms. The van der Waals surface area contributed by atoms with Crippen LogP contribution < -0.4 is 9.64 Å². The van der Waals surface area contributed by atoms with Gasteiger partial charge in [-0.3, -0.25) is 14.5 Å². The molecular weight excluding hydrogens is 409 g/mol. The zero-order valence-corrected chi connectivity index (χ0v) is 17.7. The van der Waals surface area contributed by atoms with Gasteiger partial charge >= 0.3 is 0 Å². The lowest BCUT2D eigenvalue weighted by atomic mass is 9.95. The van der Waals surface area contributed by atoms with Crippen LogP contribution in [0.15, 0.2) is 78.4 Å². The number of rotatable bonds is 5. The fourth-order valence-electron chi connectivity index (χ4n) is 3.91. The summed E-state index contributed by atoms with van der Waals surface area (Å²) in [4.78, 5) is 27.7. The van der Waals surface area contributed by atoms with Gasteiger partial charge in [0.1, 0.15) is 17.3 Å². The smallest absolute Gasteiger partial charge is 0.300 e. The molecule has 3 aromatic rings. The van der Waals surface area contributed by atoms with E-state index in [1.807, 2.05) is 26.0 Å². The Hall–Kier alpha value is -3.93. The molecule has 1 atom stereocenters. The van der Waals surface area contributed by atoms with Crippen molar-refractivity contribution in [1.82, 2.24) is 0 Å². The van der Waals surface area contributed by atoms with Crippen LogP contribution in [0.2, 0.25) is 0 Å². The van der Waals surface area contributed by atoms with Gasteiger partial charge in [-0.05, 0) is 67.4 Å². The Labute approximate surface area is 185 Å². The highest BCUT2D eigenvalue weighted by atomic mass is 19.1. The van der Waals surface area contributed by atoms with Crippen LogP contribution >= 0.6 is 0 Å². The number of nitrogens with zero attached hydrogens (tertiary/aromatic N) is 1. The second-order valence-corrected chi connectivity index (χ2v) is 7.46. The number of para-hydroxylation sites is 1. The van der Waals surface area contributed by atoms with Crippen LogP contribution in [0, 0.1) is 12.7 Å². The minimum atomic E-state index is -0.850. The highest BCUT2D eigenvalue weighted by molar-refractivity contribution is 6.51. The topological polar surface area (TPSA) is 66.8 Å². The van der Waals surface area contributed by atoms with E-state index in [9.17, 15) is 19.1 Å². The third-order valence-corrected chi connectivity index (χ3v) is 5.44. The molecule has 1 unspecified atom stereocenters. The summed E-state index contributed by atoms with van der Waals surface area (Å²) >= 11 is 0. The molecule has 4 rings (SSSR count). The van der Waals surface area contributed by atoms with E-state index in [1.54, 1.807) is 36.4 Å². The van der Waals surface area contributed by atoms with Crippen molar-refractivity contribution in [3.8, 4) is 5.75 Å². The minimum Gasteiger partial charge on any atom is -0.507 e. The van der Waals surface area contributed by atoms with Crippen molar-refractivity contribution in [2.24, 2.45) is 0 Å². The van der Waals surface area contributed by atoms with E-state index in [4.69, 9.17) is 4.74 Å². The second kappa shape index (κ2) is 8.67. The number of carbonyl (C=O) groups is 2. The molecule has 1 N–H and O–H groups in total. The minimum absolute atomic E-state index is 0.0472. The summed E-state index contributed by atoms with van der Waals surface area (Å²) in [5, 5.41) is 11.0. The monoisotopic (exact) mass is 431 g/mol. The van der Waals surface area contributed by atoms with E-state index in [1.165, 1.54) is 29.2 Å². The standard InChI is InChI=1S/C26H22FNO4/c1-3-32-20-14-10-17(11-15-20)23-22(24(29)18-8-12-19(27)13-9-18)25(30)26(31)28(23)21-7-5-4-6-16(21)2/h4-15,23,29H,3H2,1-2H3/b24-22+. The van der Waals surface area contributed by atoms with Crippen molar-refractivity contribution in [2.45, 2.75) is 19.9 Å². The van der Waals surface area contributed by atoms with E-state index in [2.05, 4.69) is 0 Å². The molecule has 1 fully saturated rings. The summed E-state index contributed by atoms with van der Waals surface area (Å²) in [6.45, 7) is 4.24. The van der Waals surface area contributed by atoms with Crippen LogP contribution in [0.1, 0.15) is 29.7 Å². The van der Waals surface area contributed by atoms with Crippen LogP contribution in [-0.4, -0.2) is 23.4 Å². The first-order chi connectivity index (χ1) is 15.4. The fourth-order valence-corrected chi connectivity index (χ4v) is 3.91. The van der Waals surface area contributed by atoms with Gasteiger partial charge in [0.15, 0.2) is 0 Å². The number of hydrogen-bond donors (Lipinski definition) is 1. The highest BCUT2D eigenvalue weighted by Crippen LogP contribution is 2.43. The summed E-state index contributed by atoms with van der Waals surface area (Å²) in [5.41, 5.74) is 2.23. The van der Waals surface area contributed by atoms with Gasteiger partial charge in [-0.1, -0.05) is 30.3 Å². The maximum atomic E-state index is 13.4. The third kappa shape index (κ3) is 3.75. The number of ketones is 1. The van der Waals surface area contributed by atoms with Crippen molar-refractivity contribution >= 4 is 23.1 Å². The second-order valence-electron chi connectivity index (χ2n) is 7.46. The lowest BCUT2D eigenvalue weighted by molar-refractivity contribution is -0.132. The molecule has 0 radical (unpaired) electrons. The molecular formula is C26H22FNO4. The fraction of sp³-hybridized carbons (Fsp3) is 0.154. The Kier molecular flexibility index (Phi) is 5.77. The molecule has 0 saturated carbocycles. The molecule has 162 valence electrons. The van der Waals surface area contributed by atoms with Crippen molar-refractivity contribution < 1.29 is 23.8 Å². The molecule has 1 heterocycles. The summed E-state index contributed by atoms with van der Waals surface area (Å²) in [6, 6.07) is 18.6. The Morgan fingerprint density at radius 2 is 1.66 bits per heavy atom. The molecule has 1 aliphatic heterocycles. The zero-order valence-electron chi connectivity index (χ0n) is 17.7. The molecule has 0 aromatic heterocycles. The number of halogens is 1. The van der Waals surface area contributed by atoms with Crippen LogP contribution in [0.25, 0.3) is 5.76 Å². The van der Waals surface area contributed by atoms with E-state index in [0.717, 1.165) is 5.56 Å². The summed E-state index contributed by atoms with van der Waals surface area (Å²) in [7, 11) is 0. The van der Waals surface area contributed by atoms with Crippen molar-refractivity contribution in [3.63, 3.8) is 0 Å². The zero-order chi connectivity index (χ0) is 22.8. The average Bonchev–Trinajstić information content (AvgIpc) is 3.05. The molecule has 1 saturated heterocycles. The van der Waals surface area contributed by atoms with Gasteiger partial charge in [-0.15, -0.1) is 0 Å². The van der Waals surface area contributed by atoms with Gasteiger partial charge in [0.25, 0.3) is 11.7 Å². The predicted molar refractivity (Wildman–Crippen MR) is 120 cm³/mol. The quantitative estimate of drug-likeness (QED) is 0.344. The van der Waals surface area contributed by atoms with Crippen LogP contribution in [0.4, 0.5) is 10.1 Å². The average molecular weight is 431 g/mol. The number of aryl methyl sites for hydroxylation is 1. The van der Waals surface area contributed by atoms with Gasteiger partial charge in [0, 0.05) is 11.3 Å². The van der Waals surface area contributed by atoms with Crippen molar-refractivity contribution in [2.75, 3.05) is 11.5 Å². The first-order valence-electron chi connectivity index (χ1n) is 10.3. The van der Waals surface area contributed by atoms with Gasteiger partial charge in [-0.2, -0.15) is 0 Å². The predicted octanol–water partition coefficient (Wildman–Crippen LogP) is 5.16. The maximum absolute atomic E-state index is 13.4. The molecule has 0 bridgehead atoms. The molecule has 3 aromatic carbocycles. The van der Waals surface area contributed by atoms with Crippen molar-refractivity contribution in [1.29, 1.82) is 0 Å². The van der Waals surface area contributed by atoms with Crippen LogP contribution in [0.3, 0.4) is 0 Å². The first-order valence-corrected chi connectivity index (χ1v) is 10.3. The summed E-state index contributed by atoms with van der Waals surface area (Å²) < 4.78 is 18.9. The lowest BCUT2D eigenvalue weighted by Crippen LogP contribution is -2.30. The van der Waals surface area contributed by atoms with E-state index in [-0.39, 0.29) is 16.9 Å². The SMILES string of the molecule is CCOc1ccc(C2/C(=C(\O)c3ccc(F)cc3)C(=O)C(=O)N2c2ccccc2C)cc1. The molecule has 32 heavy (non-hydrogen) atoms. The maximum Gasteiger partial charge on any atom is 0.300 e. The lowest BCUT2D eigenvalue weighted by Gasteiger charge is -2.27. The number of Topliss-reactive ketones (excluding diaryl/α,β-unsaturated/α-hetero) is 1. The molecule has 0 aliphatic carbocycles. The number of hydrogen-bond acceptors (Lipinski definition) is 4. The Bertz CT molecular complexity index is 1200. The normalized spacial score (nSPS) is 17.6. The van der Waals surface area contributed by atoms with E-state index in [0.29, 0.717) is 23.6 Å². The number of carbonyl (C=O) groups excluding carboxylic acids is 2. The van der Waals surface area contributed by atoms with Gasteiger partial charge in [-0.25, -0.2) is 4.39 Å². The first kappa shape index (κ1) is 21.3. The van der Waals surface area contributed by atoms with Crippen LogP contribution in [0.5, 0.6) is 5.75 Å². The number of aliphatic hydroxyl groups is 1. The van der Waals surface area contributed by atoms with Gasteiger partial charge < -0.3 is 9.84 Å². The summed E-state index contributed by atoms with van der Waals surface area (Å²) in [6.07, 6.45) is 0. The molecule has 1 aliphatic rings.